The van der Waals surface area contributed by atoms with Gasteiger partial charge >= 0.3 is 6.03 Å². The first-order chi connectivity index (χ1) is 63.6. The number of para-hydroxylation sites is 2. The molecule has 10 rings (SSSR count). The number of imidazole rings is 1. The Morgan fingerprint density at radius 3 is 1.65 bits per heavy atom. The topological polar surface area (TPSA) is 656 Å². The Morgan fingerprint density at radius 2 is 1.05 bits per heavy atom. The summed E-state index contributed by atoms with van der Waals surface area (Å²) < 4.78 is 0. The summed E-state index contributed by atoms with van der Waals surface area (Å²) in [4.78, 5) is 235. The van der Waals surface area contributed by atoms with Crippen molar-refractivity contribution in [1.29, 1.82) is 0 Å². The number of benzene rings is 4. The number of hydrogen-bond acceptors (Lipinski definition) is 23. The number of urea groups is 1. The number of primary amides is 1. The molecule has 0 bridgehead atoms. The number of nitrogens with one attached hydrogen (secondary N) is 18. The van der Waals surface area contributed by atoms with Crippen LogP contribution in [0.5, 0.6) is 0 Å². The van der Waals surface area contributed by atoms with Gasteiger partial charge in [-0.2, -0.15) is 11.8 Å². The van der Waals surface area contributed by atoms with Gasteiger partial charge in [-0.1, -0.05) is 103 Å². The van der Waals surface area contributed by atoms with Crippen LogP contribution in [-0.4, -0.2) is 283 Å². The maximum Gasteiger partial charge on any atom is 0.315 e. The fourth-order valence-electron chi connectivity index (χ4n) is 15.9. The highest BCUT2D eigenvalue weighted by atomic mass is 32.2. The number of nitrogens with zero attached hydrogens (tertiary/aromatic N) is 2. The summed E-state index contributed by atoms with van der Waals surface area (Å²) in [7, 11) is 0. The van der Waals surface area contributed by atoms with Crippen molar-refractivity contribution >= 4 is 128 Å². The van der Waals surface area contributed by atoms with Gasteiger partial charge in [-0.25, -0.2) is 9.78 Å². The molecule has 15 atom stereocenters. The lowest BCUT2D eigenvalue weighted by atomic mass is 10.0. The third-order valence-electron chi connectivity index (χ3n) is 23.0. The average Bonchev–Trinajstić information content (AvgIpc) is 1.64. The zero-order chi connectivity index (χ0) is 94.8. The maximum atomic E-state index is 15.2. The third-order valence-corrected chi connectivity index (χ3v) is 24.5. The summed E-state index contributed by atoms with van der Waals surface area (Å²) in [5, 5.41) is 73.1. The molecule has 710 valence electrons. The van der Waals surface area contributed by atoms with Crippen LogP contribution in [0.3, 0.4) is 0 Å². The molecular weight excluding hydrogens is 1730 g/mol. The van der Waals surface area contributed by atoms with Crippen LogP contribution in [0, 0.1) is 0 Å². The van der Waals surface area contributed by atoms with Crippen LogP contribution in [0.4, 0.5) is 4.79 Å². The van der Waals surface area contributed by atoms with E-state index >= 15 is 14.4 Å². The van der Waals surface area contributed by atoms with Crippen LogP contribution in [0.1, 0.15) is 112 Å². The monoisotopic (exact) mass is 1850 g/mol. The van der Waals surface area contributed by atoms with E-state index in [2.05, 4.69) is 99.7 Å². The molecule has 3 saturated heterocycles. The lowest BCUT2D eigenvalue weighted by Gasteiger charge is -2.31. The van der Waals surface area contributed by atoms with E-state index in [1.165, 1.54) is 17.4 Å². The highest BCUT2D eigenvalue weighted by Crippen LogP contribution is 2.33. The lowest BCUT2D eigenvalue weighted by molar-refractivity contribution is -0.142. The first-order valence-corrected chi connectivity index (χ1v) is 45.2. The number of likely N-dealkylation sites (tertiary alicyclic amines) is 1. The van der Waals surface area contributed by atoms with Gasteiger partial charge in [0.25, 0.3) is 0 Å². The smallest absolute Gasteiger partial charge is 0.315 e. The molecule has 0 radical (unpaired) electrons. The molecule has 132 heavy (non-hydrogen) atoms. The molecule has 7 aromatic rings. The second-order valence-corrected chi connectivity index (χ2v) is 34.2. The van der Waals surface area contributed by atoms with E-state index in [1.807, 2.05) is 30.3 Å². The molecule has 4 aromatic carbocycles. The van der Waals surface area contributed by atoms with Gasteiger partial charge in [0, 0.05) is 96.6 Å². The fraction of sp³-hybridized carbons (Fsp3) is 0.472. The summed E-state index contributed by atoms with van der Waals surface area (Å²) >= 11 is 1.81. The van der Waals surface area contributed by atoms with E-state index in [9.17, 15) is 77.6 Å². The second kappa shape index (κ2) is 50.7. The summed E-state index contributed by atoms with van der Waals surface area (Å²) in [6.45, 7) is -2.64. The minimum Gasteiger partial charge on any atom is -0.394 e. The largest absolute Gasteiger partial charge is 0.394 e. The molecule has 0 saturated carbocycles. The first-order valence-electron chi connectivity index (χ1n) is 44.2. The van der Waals surface area contributed by atoms with Crippen LogP contribution >= 0.6 is 11.8 Å². The third kappa shape index (κ3) is 30.1. The number of thioether (sulfide) groups is 1. The van der Waals surface area contributed by atoms with Crippen LogP contribution in [0.25, 0.3) is 21.8 Å². The van der Waals surface area contributed by atoms with E-state index in [1.54, 1.807) is 103 Å². The average molecular weight is 1850 g/mol. The minimum absolute atomic E-state index is 0.00292. The van der Waals surface area contributed by atoms with Crippen molar-refractivity contribution in [2.45, 2.75) is 206 Å². The minimum atomic E-state index is -1.96. The van der Waals surface area contributed by atoms with E-state index < -0.39 is 188 Å². The van der Waals surface area contributed by atoms with E-state index in [0.29, 0.717) is 94.5 Å². The van der Waals surface area contributed by atoms with E-state index in [-0.39, 0.29) is 94.9 Å². The molecule has 0 aliphatic carbocycles. The number of aliphatic hydroxyl groups is 3. The van der Waals surface area contributed by atoms with Crippen LogP contribution in [0.2, 0.25) is 0 Å². The quantitative estimate of drug-likeness (QED) is 0.0127. The van der Waals surface area contributed by atoms with E-state index in [0.717, 1.165) is 31.1 Å². The van der Waals surface area contributed by atoms with Crippen molar-refractivity contribution < 1.29 is 92.0 Å². The Hall–Kier alpha value is -13.4. The van der Waals surface area contributed by atoms with Crippen LogP contribution in [0.15, 0.2) is 134 Å². The van der Waals surface area contributed by atoms with Gasteiger partial charge in [0.05, 0.1) is 69.1 Å². The molecule has 0 spiro atoms. The molecular formula is C89H119N23O19S. The molecule has 42 nitrogen and oxygen atoms in total. The molecule has 6 heterocycles. The Morgan fingerprint density at radius 1 is 0.515 bits per heavy atom. The van der Waals surface area contributed by atoms with Gasteiger partial charge in [0.1, 0.15) is 60.4 Å². The van der Waals surface area contributed by atoms with Crippen LogP contribution in [-0.2, 0) is 104 Å². The molecule has 43 heteroatoms. The molecule has 0 unspecified atom stereocenters. The summed E-state index contributed by atoms with van der Waals surface area (Å²) in [5.74, 6) is -12.1. The lowest BCUT2D eigenvalue weighted by Crippen LogP contribution is -2.63. The van der Waals surface area contributed by atoms with Crippen molar-refractivity contribution in [1.82, 2.24) is 105 Å². The first kappa shape index (κ1) is 101. The summed E-state index contributed by atoms with van der Waals surface area (Å²) in [6, 6.07) is 15.5. The number of carbonyl (C=O) groups excluding carboxylic acids is 16. The second-order valence-electron chi connectivity index (χ2n) is 32.9. The van der Waals surface area contributed by atoms with Gasteiger partial charge in [0.15, 0.2) is 0 Å². The van der Waals surface area contributed by atoms with Gasteiger partial charge in [-0.15, -0.1) is 0 Å². The van der Waals surface area contributed by atoms with Gasteiger partial charge in [0.2, 0.25) is 88.6 Å². The molecule has 3 aromatic heterocycles. The molecule has 3 aliphatic heterocycles. The maximum absolute atomic E-state index is 15.2. The SMILES string of the molecule is C[C@@H](O)[C@H](NC(=O)[C@H](Cc1c[nH]c2ccccc12)NC(=O)[C@H](CO)NC(=O)[C@H](Cc1c[nH]c2ccccc12)NC(=O)[C@@H]1CCCN1C(=O)[C@H](Cc1c[nH]cn1)NC(=O)[C@H](Cc1ccccc1)NC(=O)[C@@H](N)Cc1ccccc1)C(=O)N[C@@H](CO)C(=O)N[C@@H](CCCCN)C(=O)NCC(=O)NCC(=O)NCC(=O)N[C@@H](CCCCNC(=O)CCCC[C@@H]1SC[C@@H]2NC(=O)N[C@@H]21)C(N)=O. The number of aromatic amines is 3. The molecule has 3 fully saturated rings. The predicted molar refractivity (Wildman–Crippen MR) is 484 cm³/mol. The Bertz CT molecular complexity index is 5120. The highest BCUT2D eigenvalue weighted by molar-refractivity contribution is 8.00. The Kier molecular flexibility index (Phi) is 38.7. The van der Waals surface area contributed by atoms with Gasteiger partial charge < -0.3 is 132 Å². The van der Waals surface area contributed by atoms with Crippen molar-refractivity contribution in [3.05, 3.63) is 162 Å². The van der Waals surface area contributed by atoms with Crippen molar-refractivity contribution in [2.24, 2.45) is 17.2 Å². The predicted octanol–water partition coefficient (Wildman–Crippen LogP) is -4.09. The zero-order valence-corrected chi connectivity index (χ0v) is 74.0. The Labute approximate surface area is 764 Å². The van der Waals surface area contributed by atoms with Gasteiger partial charge in [-0.05, 0) is 118 Å². The standard InChI is InChI=1S/C89H119N23O19S/c1-50(115)76(87(129)108-68(47-114)84(126)102-62(28-14-16-32-90)80(122)99-44-74(118)97-43-73(117)98-45-75(119)101-61(78(92)120)27-15-17-33-94-72(116)31-13-12-30-71-77-69(48-132-71)109-89(131)111-77)110-83(125)65(38-54-41-96-60-26-11-9-24-57(54)60)104-85(127)67(46-113)107-82(124)64(37-53-40-95-59-25-10-8-23-56(53)59)105-86(128)70-29-18-34-112(70)88(130)66(39-55-42-93-49-100-55)106-81(123)63(36-52-21-6-3-7-22-52)103-79(121)58(91)35-51-19-4-2-5-20-51/h2-11,19-26,40-42,49-50,58,61-71,76-77,95-96,113-115H,12-18,27-39,43-48,90-91H2,1H3,(H2,92,120)(H,93,100)(H,94,116)(H,97,118)(H,98,117)(H,99,122)(H,101,119)(H,102,126)(H,103,121)(H,104,127)(H,105,128)(H,106,123)(H,107,124)(H,108,129)(H,110,125)(H2,109,111,131)/t50-,58+,61+,62+,63+,64+,65+,66+,67+,68+,69+,70+,71+,76+,77+/m1/s1. The Balaban J connectivity index is 0.733. The molecule has 17 amide bonds. The number of hydrogen-bond donors (Lipinski definition) is 24. The molecule has 3 aliphatic rings. The van der Waals surface area contributed by atoms with Crippen molar-refractivity contribution in [3.8, 4) is 0 Å². The van der Waals surface area contributed by atoms with Crippen LogP contribution < -0.4 is 97.0 Å². The number of fused-ring (bicyclic) bond motifs is 3. The van der Waals surface area contributed by atoms with E-state index in [4.69, 9.17) is 17.2 Å². The number of aliphatic hydroxyl groups excluding tert-OH is 3. The highest BCUT2D eigenvalue weighted by Gasteiger charge is 2.44. The number of nitrogens with two attached hydrogens (primary N) is 3. The number of H-pyrrole nitrogens is 3. The summed E-state index contributed by atoms with van der Waals surface area (Å²) in [6.07, 6.45) is 8.29. The van der Waals surface area contributed by atoms with Crippen molar-refractivity contribution in [2.75, 3.05) is 58.2 Å². The number of amides is 17. The number of aromatic nitrogens is 4. The summed E-state index contributed by atoms with van der Waals surface area (Å²) in [5.41, 5.74) is 21.7. The fourth-order valence-corrected chi connectivity index (χ4v) is 17.4. The number of carbonyl (C=O) groups is 16. The van der Waals surface area contributed by atoms with Gasteiger partial charge in [-0.3, -0.25) is 71.9 Å². The zero-order valence-electron chi connectivity index (χ0n) is 73.2. The molecule has 27 N–H and O–H groups in total. The normalized spacial score (nSPS) is 17.5. The van der Waals surface area contributed by atoms with Crippen molar-refractivity contribution in [3.63, 3.8) is 0 Å². The number of rotatable bonds is 53. The number of unbranched alkanes of at least 4 members (excludes halogenated alkanes) is 3.